The van der Waals surface area contributed by atoms with Gasteiger partial charge in [-0.2, -0.15) is 0 Å². The molecule has 0 heterocycles. The number of fused-ring (bicyclic) bond motifs is 5. The largest absolute Gasteiger partial charge is 0.462 e. The lowest BCUT2D eigenvalue weighted by atomic mass is 9.41. The van der Waals surface area contributed by atoms with Gasteiger partial charge in [-0.1, -0.05) is 53.7 Å². The van der Waals surface area contributed by atoms with Gasteiger partial charge in [-0.05, 0) is 116 Å². The molecule has 0 bridgehead atoms. The first kappa shape index (κ1) is 26.2. The van der Waals surface area contributed by atoms with Crippen LogP contribution in [-0.4, -0.2) is 22.8 Å². The summed E-state index contributed by atoms with van der Waals surface area (Å²) < 4.78 is 5.73. The summed E-state index contributed by atoms with van der Waals surface area (Å²) in [6.07, 6.45) is 11.3. The zero-order chi connectivity index (χ0) is 25.1. The SMILES string of the molecule is C=C(CCC(C)C1CCC2C1(C)CCC1C3(C)CCC(OC(C)=O)C(C)C3CCC21O)C(C)C. The van der Waals surface area contributed by atoms with Crippen LogP contribution < -0.4 is 0 Å². The van der Waals surface area contributed by atoms with Crippen molar-refractivity contribution in [1.82, 2.24) is 0 Å². The number of aliphatic hydroxyl groups is 1. The van der Waals surface area contributed by atoms with Crippen LogP contribution in [0.3, 0.4) is 0 Å². The van der Waals surface area contributed by atoms with Crippen molar-refractivity contribution in [3.05, 3.63) is 12.2 Å². The van der Waals surface area contributed by atoms with Gasteiger partial charge in [-0.15, -0.1) is 0 Å². The zero-order valence-electron chi connectivity index (χ0n) is 23.2. The monoisotopic (exact) mass is 472 g/mol. The fourth-order valence-electron chi connectivity index (χ4n) is 10.0. The molecule has 0 aliphatic heterocycles. The van der Waals surface area contributed by atoms with Crippen LogP contribution in [-0.2, 0) is 9.53 Å². The molecule has 3 heteroatoms. The van der Waals surface area contributed by atoms with Crippen LogP contribution in [0.1, 0.15) is 113 Å². The Hall–Kier alpha value is -0.830. The molecule has 4 saturated carbocycles. The minimum atomic E-state index is -0.526. The van der Waals surface area contributed by atoms with E-state index < -0.39 is 5.60 Å². The third kappa shape index (κ3) is 4.10. The third-order valence-corrected chi connectivity index (χ3v) is 12.0. The minimum Gasteiger partial charge on any atom is -0.462 e. The number of allylic oxidation sites excluding steroid dienone is 1. The average molecular weight is 473 g/mol. The van der Waals surface area contributed by atoms with Gasteiger partial charge in [0.2, 0.25) is 0 Å². The van der Waals surface area contributed by atoms with E-state index in [-0.39, 0.29) is 22.9 Å². The maximum Gasteiger partial charge on any atom is 0.302 e. The van der Waals surface area contributed by atoms with Gasteiger partial charge in [-0.3, -0.25) is 4.79 Å². The second-order valence-corrected chi connectivity index (χ2v) is 13.9. The van der Waals surface area contributed by atoms with Crippen molar-refractivity contribution < 1.29 is 14.6 Å². The van der Waals surface area contributed by atoms with Crippen LogP contribution in [0.15, 0.2) is 12.2 Å². The predicted molar refractivity (Wildman–Crippen MR) is 139 cm³/mol. The summed E-state index contributed by atoms with van der Waals surface area (Å²) in [7, 11) is 0. The molecule has 4 rings (SSSR count). The van der Waals surface area contributed by atoms with E-state index in [1.807, 2.05) is 0 Å². The summed E-state index contributed by atoms with van der Waals surface area (Å²) in [5, 5.41) is 12.5. The van der Waals surface area contributed by atoms with Crippen molar-refractivity contribution in [3.63, 3.8) is 0 Å². The second kappa shape index (κ2) is 9.24. The first-order valence-electron chi connectivity index (χ1n) is 14.4. The van der Waals surface area contributed by atoms with Gasteiger partial charge in [0.15, 0.2) is 0 Å². The summed E-state index contributed by atoms with van der Waals surface area (Å²) in [6.45, 7) is 20.2. The highest BCUT2D eigenvalue weighted by Crippen LogP contribution is 2.70. The molecule has 0 radical (unpaired) electrons. The topological polar surface area (TPSA) is 46.5 Å². The van der Waals surface area contributed by atoms with Crippen LogP contribution in [0.4, 0.5) is 0 Å². The highest BCUT2D eigenvalue weighted by Gasteiger charge is 2.67. The lowest BCUT2D eigenvalue weighted by Gasteiger charge is -2.66. The lowest BCUT2D eigenvalue weighted by Crippen LogP contribution is -2.65. The van der Waals surface area contributed by atoms with Crippen molar-refractivity contribution in [2.75, 3.05) is 0 Å². The molecule has 4 aliphatic carbocycles. The molecule has 34 heavy (non-hydrogen) atoms. The highest BCUT2D eigenvalue weighted by atomic mass is 16.5. The Balaban J connectivity index is 1.52. The molecule has 3 nitrogen and oxygen atoms in total. The van der Waals surface area contributed by atoms with E-state index in [1.165, 1.54) is 38.2 Å². The quantitative estimate of drug-likeness (QED) is 0.320. The fraction of sp³-hybridized carbons (Fsp3) is 0.903. The number of hydrogen-bond donors (Lipinski definition) is 1. The third-order valence-electron chi connectivity index (χ3n) is 12.0. The maximum atomic E-state index is 12.5. The molecular formula is C31H52O3. The minimum absolute atomic E-state index is 0.0490. The van der Waals surface area contributed by atoms with Crippen LogP contribution in [0.25, 0.3) is 0 Å². The van der Waals surface area contributed by atoms with Gasteiger partial charge in [0.25, 0.3) is 0 Å². The molecule has 194 valence electrons. The lowest BCUT2D eigenvalue weighted by molar-refractivity contribution is -0.237. The molecule has 0 aromatic rings. The Labute approximate surface area is 209 Å². The van der Waals surface area contributed by atoms with Crippen molar-refractivity contribution >= 4 is 5.97 Å². The van der Waals surface area contributed by atoms with Gasteiger partial charge < -0.3 is 9.84 Å². The molecule has 0 amide bonds. The number of carbonyl (C=O) groups excluding carboxylic acids is 1. The molecule has 1 N–H and O–H groups in total. The second-order valence-electron chi connectivity index (χ2n) is 13.9. The number of ether oxygens (including phenoxy) is 1. The molecule has 0 saturated heterocycles. The molecule has 4 fully saturated rings. The van der Waals surface area contributed by atoms with Crippen molar-refractivity contribution in [1.29, 1.82) is 0 Å². The van der Waals surface area contributed by atoms with E-state index in [9.17, 15) is 9.90 Å². The Morgan fingerprint density at radius 3 is 2.29 bits per heavy atom. The molecule has 0 spiro atoms. The molecule has 10 unspecified atom stereocenters. The Morgan fingerprint density at radius 1 is 1.00 bits per heavy atom. The summed E-state index contributed by atoms with van der Waals surface area (Å²) >= 11 is 0. The molecule has 0 aromatic carbocycles. The Bertz CT molecular complexity index is 788. The van der Waals surface area contributed by atoms with Crippen LogP contribution >= 0.6 is 0 Å². The van der Waals surface area contributed by atoms with Crippen molar-refractivity contribution in [2.45, 2.75) is 124 Å². The van der Waals surface area contributed by atoms with E-state index in [0.717, 1.165) is 38.5 Å². The van der Waals surface area contributed by atoms with E-state index in [1.54, 1.807) is 0 Å². The smallest absolute Gasteiger partial charge is 0.302 e. The van der Waals surface area contributed by atoms with Gasteiger partial charge in [-0.25, -0.2) is 0 Å². The number of hydrogen-bond acceptors (Lipinski definition) is 3. The standard InChI is InChI=1S/C31H52O3/c1-19(2)20(3)9-10-21(4)24-11-12-27-29(24,7)17-15-28-30(8)16-14-26(34-23(6)32)22(5)25(30)13-18-31(27,28)33/h19,21-22,24-28,33H,3,9-18H2,1-2,4-8H3. The van der Waals surface area contributed by atoms with Gasteiger partial charge in [0.05, 0.1) is 5.60 Å². The van der Waals surface area contributed by atoms with Gasteiger partial charge in [0.1, 0.15) is 6.10 Å². The summed E-state index contributed by atoms with van der Waals surface area (Å²) in [6, 6.07) is 0. The van der Waals surface area contributed by atoms with Crippen LogP contribution in [0, 0.1) is 52.3 Å². The van der Waals surface area contributed by atoms with Crippen molar-refractivity contribution in [3.8, 4) is 0 Å². The van der Waals surface area contributed by atoms with Crippen LogP contribution in [0.5, 0.6) is 0 Å². The first-order valence-corrected chi connectivity index (χ1v) is 14.4. The number of rotatable bonds is 6. The van der Waals surface area contributed by atoms with E-state index in [2.05, 4.69) is 48.1 Å². The summed E-state index contributed by atoms with van der Waals surface area (Å²) in [5.74, 6) is 3.56. The Kier molecular flexibility index (Phi) is 7.13. The summed E-state index contributed by atoms with van der Waals surface area (Å²) in [5.41, 5.74) is 1.28. The van der Waals surface area contributed by atoms with E-state index in [4.69, 9.17) is 4.74 Å². The number of esters is 1. The first-order chi connectivity index (χ1) is 15.8. The number of carbonyl (C=O) groups is 1. The van der Waals surface area contributed by atoms with Crippen LogP contribution in [0.2, 0.25) is 0 Å². The zero-order valence-corrected chi connectivity index (χ0v) is 23.2. The van der Waals surface area contributed by atoms with Gasteiger partial charge >= 0.3 is 5.97 Å². The highest BCUT2D eigenvalue weighted by molar-refractivity contribution is 5.66. The van der Waals surface area contributed by atoms with E-state index >= 15 is 0 Å². The predicted octanol–water partition coefficient (Wildman–Crippen LogP) is 7.57. The normalized spacial score (nSPS) is 46.9. The average Bonchev–Trinajstić information content (AvgIpc) is 3.12. The van der Waals surface area contributed by atoms with Gasteiger partial charge in [0, 0.05) is 6.92 Å². The van der Waals surface area contributed by atoms with E-state index in [0.29, 0.717) is 41.4 Å². The molecular weight excluding hydrogens is 420 g/mol. The maximum absolute atomic E-state index is 12.5. The molecule has 10 atom stereocenters. The molecule has 0 aromatic heterocycles. The van der Waals surface area contributed by atoms with Crippen molar-refractivity contribution in [2.24, 2.45) is 52.3 Å². The summed E-state index contributed by atoms with van der Waals surface area (Å²) in [4.78, 5) is 11.7. The molecule has 4 aliphatic rings. The fourth-order valence-corrected chi connectivity index (χ4v) is 10.0. The Morgan fingerprint density at radius 2 is 1.65 bits per heavy atom.